The average molecular weight is 197 g/mol. The zero-order chi connectivity index (χ0) is 10.6. The lowest BCUT2D eigenvalue weighted by Gasteiger charge is -2.26. The summed E-state index contributed by atoms with van der Waals surface area (Å²) in [7, 11) is 1.74. The van der Waals surface area contributed by atoms with Gasteiger partial charge in [-0.3, -0.25) is 4.79 Å². The predicted octanol–water partition coefficient (Wildman–Crippen LogP) is 1.59. The summed E-state index contributed by atoms with van der Waals surface area (Å²) in [6.07, 6.45) is 4.31. The minimum Gasteiger partial charge on any atom is -0.378 e. The van der Waals surface area contributed by atoms with Crippen molar-refractivity contribution in [3.63, 3.8) is 0 Å². The number of hydrogen-bond acceptors (Lipinski definition) is 2. The highest BCUT2D eigenvalue weighted by Crippen LogP contribution is 2.24. The van der Waals surface area contributed by atoms with Gasteiger partial charge in [0.05, 0.1) is 5.60 Å². The van der Waals surface area contributed by atoms with Crippen molar-refractivity contribution in [3.8, 4) is 0 Å². The molecule has 0 spiro atoms. The van der Waals surface area contributed by atoms with Crippen LogP contribution in [0, 0.1) is 0 Å². The summed E-state index contributed by atoms with van der Waals surface area (Å²) in [6, 6.07) is 0. The van der Waals surface area contributed by atoms with Crippen molar-refractivity contribution >= 4 is 5.91 Å². The van der Waals surface area contributed by atoms with Crippen LogP contribution in [-0.4, -0.2) is 36.6 Å². The van der Waals surface area contributed by atoms with Crippen LogP contribution in [0.2, 0.25) is 0 Å². The summed E-state index contributed by atoms with van der Waals surface area (Å²) in [5.41, 5.74) is -0.0593. The van der Waals surface area contributed by atoms with Crippen molar-refractivity contribution in [2.75, 3.05) is 20.2 Å². The summed E-state index contributed by atoms with van der Waals surface area (Å²) < 4.78 is 5.46. The molecule has 1 atom stereocenters. The van der Waals surface area contributed by atoms with E-state index in [-0.39, 0.29) is 11.5 Å². The van der Waals surface area contributed by atoms with Crippen LogP contribution < -0.4 is 0 Å². The second kappa shape index (κ2) is 4.60. The maximum absolute atomic E-state index is 11.4. The van der Waals surface area contributed by atoms with Crippen LogP contribution in [0.1, 0.15) is 26.2 Å². The van der Waals surface area contributed by atoms with Gasteiger partial charge in [-0.2, -0.15) is 0 Å². The Kier molecular flexibility index (Phi) is 3.69. The first-order valence-corrected chi connectivity index (χ1v) is 5.08. The normalized spacial score (nSPS) is 28.3. The maximum atomic E-state index is 11.4. The van der Waals surface area contributed by atoms with Gasteiger partial charge in [0.15, 0.2) is 0 Å². The smallest absolute Gasteiger partial charge is 0.245 e. The Morgan fingerprint density at radius 3 is 2.79 bits per heavy atom. The molecule has 0 aromatic carbocycles. The molecule has 0 aliphatic carbocycles. The van der Waals surface area contributed by atoms with E-state index >= 15 is 0 Å². The monoisotopic (exact) mass is 197 g/mol. The second-order valence-corrected chi connectivity index (χ2v) is 4.04. The van der Waals surface area contributed by atoms with Gasteiger partial charge in [0.1, 0.15) is 0 Å². The molecule has 1 saturated heterocycles. The number of carbonyl (C=O) groups is 1. The third-order valence-electron chi connectivity index (χ3n) is 3.02. The third-order valence-corrected chi connectivity index (χ3v) is 3.02. The maximum Gasteiger partial charge on any atom is 0.245 e. The van der Waals surface area contributed by atoms with E-state index in [2.05, 4.69) is 13.5 Å². The van der Waals surface area contributed by atoms with Crippen molar-refractivity contribution < 1.29 is 9.53 Å². The van der Waals surface area contributed by atoms with E-state index in [9.17, 15) is 4.79 Å². The van der Waals surface area contributed by atoms with E-state index < -0.39 is 0 Å². The molecule has 0 aromatic rings. The lowest BCUT2D eigenvalue weighted by Crippen LogP contribution is -2.33. The van der Waals surface area contributed by atoms with E-state index in [1.807, 2.05) is 4.90 Å². The number of carbonyl (C=O) groups excluding carboxylic acids is 1. The number of methoxy groups -OCH3 is 1. The molecule has 3 heteroatoms. The number of amides is 1. The number of hydrogen-bond donors (Lipinski definition) is 0. The molecule has 0 N–H and O–H groups in total. The molecular weight excluding hydrogens is 178 g/mol. The van der Waals surface area contributed by atoms with E-state index in [1.165, 1.54) is 6.08 Å². The van der Waals surface area contributed by atoms with E-state index in [0.29, 0.717) is 0 Å². The Balaban J connectivity index is 2.56. The van der Waals surface area contributed by atoms with E-state index in [1.54, 1.807) is 7.11 Å². The van der Waals surface area contributed by atoms with Crippen LogP contribution in [0.4, 0.5) is 0 Å². The number of likely N-dealkylation sites (tertiary alicyclic amines) is 1. The Hall–Kier alpha value is -0.830. The molecule has 1 fully saturated rings. The van der Waals surface area contributed by atoms with Gasteiger partial charge in [0.25, 0.3) is 0 Å². The van der Waals surface area contributed by atoms with Crippen molar-refractivity contribution in [2.45, 2.75) is 31.8 Å². The standard InChI is InChI=1S/C11H19NO2/c1-4-10(13)12-8-5-6-11(2,14-3)7-9-12/h4H,1,5-9H2,2-3H3. The van der Waals surface area contributed by atoms with Crippen molar-refractivity contribution in [3.05, 3.63) is 12.7 Å². The SMILES string of the molecule is C=CC(=O)N1CCCC(C)(OC)CC1. The lowest BCUT2D eigenvalue weighted by molar-refractivity contribution is -0.126. The first-order chi connectivity index (χ1) is 6.61. The van der Waals surface area contributed by atoms with Crippen LogP contribution in [0.3, 0.4) is 0 Å². The van der Waals surface area contributed by atoms with E-state index in [0.717, 1.165) is 32.4 Å². The molecule has 14 heavy (non-hydrogen) atoms. The molecular formula is C11H19NO2. The van der Waals surface area contributed by atoms with Gasteiger partial charge in [-0.15, -0.1) is 0 Å². The Labute approximate surface area is 85.7 Å². The fourth-order valence-corrected chi connectivity index (χ4v) is 1.81. The van der Waals surface area contributed by atoms with E-state index in [4.69, 9.17) is 4.74 Å². The Morgan fingerprint density at radius 2 is 2.21 bits per heavy atom. The highest BCUT2D eigenvalue weighted by Gasteiger charge is 2.28. The summed E-state index contributed by atoms with van der Waals surface area (Å²) in [4.78, 5) is 13.2. The van der Waals surface area contributed by atoms with Crippen molar-refractivity contribution in [1.82, 2.24) is 4.90 Å². The Morgan fingerprint density at radius 1 is 1.50 bits per heavy atom. The largest absolute Gasteiger partial charge is 0.378 e. The first-order valence-electron chi connectivity index (χ1n) is 5.08. The zero-order valence-electron chi connectivity index (χ0n) is 9.08. The van der Waals surface area contributed by atoms with Gasteiger partial charge < -0.3 is 9.64 Å². The fraction of sp³-hybridized carbons (Fsp3) is 0.727. The molecule has 0 aromatic heterocycles. The van der Waals surface area contributed by atoms with Gasteiger partial charge in [-0.25, -0.2) is 0 Å². The van der Waals surface area contributed by atoms with Gasteiger partial charge >= 0.3 is 0 Å². The molecule has 1 aliphatic rings. The molecule has 1 heterocycles. The molecule has 0 saturated carbocycles. The third kappa shape index (κ3) is 2.58. The lowest BCUT2D eigenvalue weighted by atomic mass is 9.97. The number of nitrogens with zero attached hydrogens (tertiary/aromatic N) is 1. The molecule has 1 unspecified atom stereocenters. The van der Waals surface area contributed by atoms with Crippen LogP contribution in [-0.2, 0) is 9.53 Å². The Bertz CT molecular complexity index is 227. The van der Waals surface area contributed by atoms with Crippen LogP contribution in [0.15, 0.2) is 12.7 Å². The van der Waals surface area contributed by atoms with Gasteiger partial charge in [0.2, 0.25) is 5.91 Å². The topological polar surface area (TPSA) is 29.5 Å². The summed E-state index contributed by atoms with van der Waals surface area (Å²) in [6.45, 7) is 7.20. The fourth-order valence-electron chi connectivity index (χ4n) is 1.81. The summed E-state index contributed by atoms with van der Waals surface area (Å²) in [5.74, 6) is 0.0327. The highest BCUT2D eigenvalue weighted by molar-refractivity contribution is 5.86. The van der Waals surface area contributed by atoms with Crippen LogP contribution in [0.5, 0.6) is 0 Å². The number of ether oxygens (including phenoxy) is 1. The minimum atomic E-state index is -0.0593. The van der Waals surface area contributed by atoms with Crippen molar-refractivity contribution in [1.29, 1.82) is 0 Å². The molecule has 80 valence electrons. The van der Waals surface area contributed by atoms with Crippen LogP contribution >= 0.6 is 0 Å². The van der Waals surface area contributed by atoms with Crippen LogP contribution in [0.25, 0.3) is 0 Å². The molecule has 1 aliphatic heterocycles. The molecule has 1 rings (SSSR count). The highest BCUT2D eigenvalue weighted by atomic mass is 16.5. The van der Waals surface area contributed by atoms with Crippen molar-refractivity contribution in [2.24, 2.45) is 0 Å². The average Bonchev–Trinajstić information content (AvgIpc) is 2.40. The van der Waals surface area contributed by atoms with Gasteiger partial charge in [-0.05, 0) is 32.3 Å². The molecule has 0 radical (unpaired) electrons. The quantitative estimate of drug-likeness (QED) is 0.629. The molecule has 1 amide bonds. The molecule has 0 bridgehead atoms. The second-order valence-electron chi connectivity index (χ2n) is 4.04. The number of rotatable bonds is 2. The summed E-state index contributed by atoms with van der Waals surface area (Å²) >= 11 is 0. The summed E-state index contributed by atoms with van der Waals surface area (Å²) in [5, 5.41) is 0. The van der Waals surface area contributed by atoms with Gasteiger partial charge in [0, 0.05) is 20.2 Å². The minimum absolute atomic E-state index is 0.0327. The first kappa shape index (κ1) is 11.2. The predicted molar refractivity (Wildman–Crippen MR) is 56.0 cm³/mol. The van der Waals surface area contributed by atoms with Gasteiger partial charge in [-0.1, -0.05) is 6.58 Å². The molecule has 3 nitrogen and oxygen atoms in total. The zero-order valence-corrected chi connectivity index (χ0v) is 9.08.